The molecule has 0 atom stereocenters. The van der Waals surface area contributed by atoms with Crippen molar-refractivity contribution in [3.8, 4) is 11.5 Å². The minimum absolute atomic E-state index is 0.116. The van der Waals surface area contributed by atoms with Crippen molar-refractivity contribution in [1.29, 1.82) is 0 Å². The molecule has 0 radical (unpaired) electrons. The third-order valence-corrected chi connectivity index (χ3v) is 7.17. The first kappa shape index (κ1) is 28.0. The van der Waals surface area contributed by atoms with E-state index < -0.39 is 5.97 Å². The molecule has 0 aromatic heterocycles. The Morgan fingerprint density at radius 2 is 1.83 bits per heavy atom. The number of rotatable bonds is 9. The summed E-state index contributed by atoms with van der Waals surface area (Å²) < 4.78 is 18.2. The molecule has 1 amide bonds. The van der Waals surface area contributed by atoms with Gasteiger partial charge in [-0.05, 0) is 54.8 Å². The summed E-state index contributed by atoms with van der Waals surface area (Å²) >= 11 is 8.00. The maximum atomic E-state index is 12.5. The summed E-state index contributed by atoms with van der Waals surface area (Å²) in [4.78, 5) is 29.0. The summed E-state index contributed by atoms with van der Waals surface area (Å²) in [7, 11) is 1.54. The van der Waals surface area contributed by atoms with Crippen molar-refractivity contribution in [2.75, 3.05) is 13.7 Å². The average Bonchev–Trinajstić information content (AvgIpc) is 3.14. The largest absolute Gasteiger partial charge is 0.506 e. The fraction of sp³-hybridized carbons (Fsp3) is 0.269. The van der Waals surface area contributed by atoms with Crippen LogP contribution < -0.4 is 9.47 Å². The Morgan fingerprint density at radius 1 is 1.11 bits per heavy atom. The van der Waals surface area contributed by atoms with E-state index in [2.05, 4.69) is 36.9 Å². The lowest BCUT2D eigenvalue weighted by Gasteiger charge is -2.13. The molecule has 1 heterocycles. The molecule has 1 aliphatic rings. The van der Waals surface area contributed by atoms with E-state index in [9.17, 15) is 14.7 Å². The third kappa shape index (κ3) is 7.02. The number of ether oxygens (including phenoxy) is 3. The van der Waals surface area contributed by atoms with Crippen molar-refractivity contribution in [2.45, 2.75) is 33.3 Å². The van der Waals surface area contributed by atoms with E-state index in [1.165, 1.54) is 7.11 Å². The van der Waals surface area contributed by atoms with Gasteiger partial charge in [0, 0.05) is 15.4 Å². The molecule has 0 saturated heterocycles. The van der Waals surface area contributed by atoms with Gasteiger partial charge in [-0.3, -0.25) is 4.79 Å². The Morgan fingerprint density at radius 3 is 2.47 bits per heavy atom. The Balaban J connectivity index is 1.93. The summed E-state index contributed by atoms with van der Waals surface area (Å²) in [6.07, 6.45) is 2.54. The summed E-state index contributed by atoms with van der Waals surface area (Å²) in [5.74, 6) is -0.365. The fourth-order valence-electron chi connectivity index (χ4n) is 3.19. The molecule has 2 aromatic rings. The average molecular weight is 639 g/mol. The highest BCUT2D eigenvalue weighted by Crippen LogP contribution is 2.42. The highest BCUT2D eigenvalue weighted by atomic mass is 79.9. The van der Waals surface area contributed by atoms with Crippen LogP contribution in [0.25, 0.3) is 6.08 Å². The van der Waals surface area contributed by atoms with Crippen LogP contribution in [0.2, 0.25) is 0 Å². The van der Waals surface area contributed by atoms with Crippen molar-refractivity contribution in [1.82, 2.24) is 0 Å². The van der Waals surface area contributed by atoms with Gasteiger partial charge in [0.2, 0.25) is 5.91 Å². The van der Waals surface area contributed by atoms with Gasteiger partial charge in [-0.2, -0.15) is 0 Å². The SMILES string of the molecule is CCCC(=O)N=C1S/C(=C\c2cc(OC)c(OCc3ccc(Br)cc3)cc2Br)C(O)=C1C(=O)OCC. The number of carbonyl (C=O) groups excluding carboxylic acids is 2. The number of aliphatic hydroxyl groups is 1. The van der Waals surface area contributed by atoms with Crippen LogP contribution in [0.3, 0.4) is 0 Å². The smallest absolute Gasteiger partial charge is 0.344 e. The molecule has 0 unspecified atom stereocenters. The highest BCUT2D eigenvalue weighted by molar-refractivity contribution is 9.10. The van der Waals surface area contributed by atoms with Crippen molar-refractivity contribution < 1.29 is 28.9 Å². The van der Waals surface area contributed by atoms with Gasteiger partial charge in [-0.25, -0.2) is 9.79 Å². The van der Waals surface area contributed by atoms with Gasteiger partial charge in [0.05, 0.1) is 18.6 Å². The van der Waals surface area contributed by atoms with Crippen LogP contribution in [0.5, 0.6) is 11.5 Å². The van der Waals surface area contributed by atoms with Gasteiger partial charge < -0.3 is 19.3 Å². The molecule has 0 saturated carbocycles. The topological polar surface area (TPSA) is 94.4 Å². The number of thioether (sulfide) groups is 1. The van der Waals surface area contributed by atoms with Crippen molar-refractivity contribution >= 4 is 66.6 Å². The zero-order chi connectivity index (χ0) is 26.2. The van der Waals surface area contributed by atoms with E-state index in [4.69, 9.17) is 14.2 Å². The minimum Gasteiger partial charge on any atom is -0.506 e. The normalized spacial score (nSPS) is 15.5. The van der Waals surface area contributed by atoms with E-state index in [0.717, 1.165) is 21.8 Å². The summed E-state index contributed by atoms with van der Waals surface area (Å²) in [6.45, 7) is 4.00. The molecule has 0 bridgehead atoms. The third-order valence-electron chi connectivity index (χ3n) is 4.94. The van der Waals surface area contributed by atoms with Crippen LogP contribution in [0.1, 0.15) is 37.8 Å². The van der Waals surface area contributed by atoms with Gasteiger partial charge in [-0.15, -0.1) is 0 Å². The maximum Gasteiger partial charge on any atom is 0.344 e. The van der Waals surface area contributed by atoms with E-state index in [-0.39, 0.29) is 35.3 Å². The molecular formula is C26H25Br2NO6S. The van der Waals surface area contributed by atoms with Crippen LogP contribution in [0, 0.1) is 0 Å². The number of benzene rings is 2. The van der Waals surface area contributed by atoms with Crippen molar-refractivity contribution in [2.24, 2.45) is 4.99 Å². The van der Waals surface area contributed by atoms with Gasteiger partial charge in [0.15, 0.2) is 11.5 Å². The fourth-order valence-corrected chi connectivity index (χ4v) is 4.92. The molecule has 2 aromatic carbocycles. The van der Waals surface area contributed by atoms with Crippen molar-refractivity contribution in [3.05, 3.63) is 72.7 Å². The molecule has 10 heteroatoms. The first-order chi connectivity index (χ1) is 17.3. The molecule has 3 rings (SSSR count). The predicted molar refractivity (Wildman–Crippen MR) is 148 cm³/mol. The summed E-state index contributed by atoms with van der Waals surface area (Å²) in [5, 5.41) is 11.0. The van der Waals surface area contributed by atoms with Crippen LogP contribution >= 0.6 is 43.6 Å². The summed E-state index contributed by atoms with van der Waals surface area (Å²) in [6, 6.07) is 11.3. The van der Waals surface area contributed by atoms with Crippen LogP contribution in [-0.2, 0) is 20.9 Å². The van der Waals surface area contributed by atoms with Crippen LogP contribution in [0.4, 0.5) is 0 Å². The predicted octanol–water partition coefficient (Wildman–Crippen LogP) is 6.99. The first-order valence-electron chi connectivity index (χ1n) is 11.1. The molecule has 36 heavy (non-hydrogen) atoms. The van der Waals surface area contributed by atoms with Gasteiger partial charge in [-0.1, -0.05) is 62.7 Å². The number of carbonyl (C=O) groups is 2. The zero-order valence-corrected chi connectivity index (χ0v) is 24.0. The number of halogens is 2. The van der Waals surface area contributed by atoms with Crippen LogP contribution in [0.15, 0.2) is 66.6 Å². The van der Waals surface area contributed by atoms with Crippen molar-refractivity contribution in [3.63, 3.8) is 0 Å². The van der Waals surface area contributed by atoms with Gasteiger partial charge in [0.1, 0.15) is 23.0 Å². The molecular weight excluding hydrogens is 614 g/mol. The molecule has 0 spiro atoms. The number of nitrogens with zero attached hydrogens (tertiary/aromatic N) is 1. The Bertz CT molecular complexity index is 1240. The maximum absolute atomic E-state index is 12.5. The Kier molecular flexibility index (Phi) is 10.2. The number of hydrogen-bond acceptors (Lipinski definition) is 7. The summed E-state index contributed by atoms with van der Waals surface area (Å²) in [5.41, 5.74) is 1.55. The lowest BCUT2D eigenvalue weighted by atomic mass is 10.1. The number of aliphatic hydroxyl groups excluding tert-OH is 1. The second-order valence-electron chi connectivity index (χ2n) is 7.56. The second kappa shape index (κ2) is 13.1. The van der Waals surface area contributed by atoms with Gasteiger partial charge >= 0.3 is 5.97 Å². The number of aliphatic imine (C=N–C) groups is 1. The molecule has 7 nitrogen and oxygen atoms in total. The van der Waals surface area contributed by atoms with Crippen LogP contribution in [-0.4, -0.2) is 35.7 Å². The molecule has 0 fully saturated rings. The number of esters is 1. The second-order valence-corrected chi connectivity index (χ2v) is 10.4. The van der Waals surface area contributed by atoms with Gasteiger partial charge in [0.25, 0.3) is 0 Å². The minimum atomic E-state index is -0.734. The Labute approximate surface area is 230 Å². The van der Waals surface area contributed by atoms with E-state index in [1.54, 1.807) is 25.1 Å². The lowest BCUT2D eigenvalue weighted by Crippen LogP contribution is -2.14. The quantitative estimate of drug-likeness (QED) is 0.296. The molecule has 1 aliphatic heterocycles. The molecule has 1 N–H and O–H groups in total. The monoisotopic (exact) mass is 637 g/mol. The number of amides is 1. The standard InChI is InChI=1S/C26H25Br2NO6S/c1-4-6-22(30)29-25-23(26(32)34-5-2)24(31)21(36-25)12-16-11-19(33-3)20(13-18(16)28)35-14-15-7-9-17(27)10-8-15/h7-13,31H,4-6,14H2,1-3H3/b21-12-,29-25?. The van der Waals surface area contributed by atoms with E-state index in [1.807, 2.05) is 31.2 Å². The molecule has 190 valence electrons. The Hall–Kier alpha value is -2.56. The lowest BCUT2D eigenvalue weighted by molar-refractivity contribution is -0.138. The van der Waals surface area contributed by atoms with E-state index in [0.29, 0.717) is 39.5 Å². The van der Waals surface area contributed by atoms with E-state index >= 15 is 0 Å². The number of methoxy groups -OCH3 is 1. The zero-order valence-electron chi connectivity index (χ0n) is 20.0. The number of hydrogen-bond donors (Lipinski definition) is 1. The first-order valence-corrected chi connectivity index (χ1v) is 13.5. The molecule has 0 aliphatic carbocycles. The highest BCUT2D eigenvalue weighted by Gasteiger charge is 2.34.